The Labute approximate surface area is 182 Å². The van der Waals surface area contributed by atoms with Crippen molar-refractivity contribution in [1.29, 1.82) is 0 Å². The van der Waals surface area contributed by atoms with E-state index in [0.717, 1.165) is 25.9 Å². The fourth-order valence-electron chi connectivity index (χ4n) is 7.65. The van der Waals surface area contributed by atoms with E-state index in [0.29, 0.717) is 29.1 Å². The molecule has 3 bridgehead atoms. The fourth-order valence-corrected chi connectivity index (χ4v) is 7.65. The number of likely N-dealkylation sites (tertiary alicyclic amines) is 1. The van der Waals surface area contributed by atoms with E-state index in [2.05, 4.69) is 62.1 Å². The lowest BCUT2D eigenvalue weighted by Crippen LogP contribution is -2.58. The van der Waals surface area contributed by atoms with Crippen LogP contribution in [0.15, 0.2) is 42.0 Å². The summed E-state index contributed by atoms with van der Waals surface area (Å²) >= 11 is 0. The molecule has 0 aromatic heterocycles. The largest absolute Gasteiger partial charge is 0.342 e. The molecule has 6 atom stereocenters. The maximum atomic E-state index is 13.8. The molecule has 1 aromatic carbocycles. The zero-order valence-corrected chi connectivity index (χ0v) is 18.9. The first kappa shape index (κ1) is 20.3. The predicted octanol–water partition coefficient (Wildman–Crippen LogP) is 4.91. The molecule has 1 aliphatic heterocycles. The van der Waals surface area contributed by atoms with Gasteiger partial charge >= 0.3 is 0 Å². The topological polar surface area (TPSA) is 46.3 Å². The number of allylic oxidation sites excluding steroid dienone is 2. The van der Waals surface area contributed by atoms with E-state index in [-0.39, 0.29) is 17.4 Å². The summed E-state index contributed by atoms with van der Waals surface area (Å²) in [4.78, 5) is 15.9. The number of piperidine rings is 1. The van der Waals surface area contributed by atoms with E-state index in [9.17, 15) is 4.79 Å². The van der Waals surface area contributed by atoms with Crippen LogP contribution in [0.2, 0.25) is 0 Å². The van der Waals surface area contributed by atoms with Crippen molar-refractivity contribution in [3.8, 4) is 0 Å². The summed E-state index contributed by atoms with van der Waals surface area (Å²) < 4.78 is 0. The summed E-state index contributed by atoms with van der Waals surface area (Å²) in [5.74, 6) is 2.32. The van der Waals surface area contributed by atoms with Crippen LogP contribution in [0.3, 0.4) is 0 Å². The summed E-state index contributed by atoms with van der Waals surface area (Å²) in [5, 5.41) is 0. The first-order valence-corrected chi connectivity index (χ1v) is 12.1. The average molecular weight is 407 g/mol. The van der Waals surface area contributed by atoms with Gasteiger partial charge in [-0.3, -0.25) is 4.79 Å². The van der Waals surface area contributed by atoms with Crippen LogP contribution in [0.5, 0.6) is 0 Å². The van der Waals surface area contributed by atoms with Crippen molar-refractivity contribution >= 4 is 5.91 Å². The van der Waals surface area contributed by atoms with Crippen molar-refractivity contribution in [2.75, 3.05) is 13.1 Å². The third-order valence-electron chi connectivity index (χ3n) is 9.34. The van der Waals surface area contributed by atoms with Crippen molar-refractivity contribution in [2.45, 2.75) is 70.8 Å². The number of benzene rings is 1. The Hall–Kier alpha value is -1.61. The Balaban J connectivity index is 1.42. The van der Waals surface area contributed by atoms with Gasteiger partial charge in [0.05, 0.1) is 0 Å². The Morgan fingerprint density at radius 1 is 1.17 bits per heavy atom. The highest BCUT2D eigenvalue weighted by molar-refractivity contribution is 5.80. The summed E-state index contributed by atoms with van der Waals surface area (Å²) in [6.07, 6.45) is 9.27. The molecule has 5 rings (SSSR count). The number of carbonyl (C=O) groups excluding carboxylic acids is 1. The van der Waals surface area contributed by atoms with E-state index >= 15 is 0 Å². The van der Waals surface area contributed by atoms with Crippen LogP contribution in [0.25, 0.3) is 0 Å². The molecule has 1 aromatic rings. The van der Waals surface area contributed by atoms with Crippen molar-refractivity contribution < 1.29 is 4.79 Å². The number of carbonyl (C=O) groups is 1. The summed E-state index contributed by atoms with van der Waals surface area (Å²) in [6, 6.07) is 11.4. The number of amides is 1. The van der Waals surface area contributed by atoms with Gasteiger partial charge in [0.2, 0.25) is 5.91 Å². The number of hydrogen-bond acceptors (Lipinski definition) is 2. The van der Waals surface area contributed by atoms with Crippen LogP contribution in [0.4, 0.5) is 0 Å². The zero-order chi connectivity index (χ0) is 21.1. The van der Waals surface area contributed by atoms with Crippen LogP contribution in [0.1, 0.15) is 64.9 Å². The quantitative estimate of drug-likeness (QED) is 0.709. The molecule has 162 valence electrons. The third-order valence-corrected chi connectivity index (χ3v) is 9.34. The first-order chi connectivity index (χ1) is 14.3. The minimum atomic E-state index is 0.0158. The van der Waals surface area contributed by atoms with E-state index < -0.39 is 0 Å². The van der Waals surface area contributed by atoms with Gasteiger partial charge in [0.25, 0.3) is 0 Å². The highest BCUT2D eigenvalue weighted by Gasteiger charge is 2.56. The van der Waals surface area contributed by atoms with Gasteiger partial charge in [-0.15, -0.1) is 0 Å². The molecule has 0 radical (unpaired) electrons. The molecule has 1 saturated heterocycles. The zero-order valence-electron chi connectivity index (χ0n) is 18.9. The standard InChI is InChI=1S/C27H38N2O/c1-4-20-18-14-22(25(30)29-13-11-24(28)26(2,3)17-29)21-10-12-27(15-18,16-23(20)21)19-8-6-5-7-9-19/h4-9,18,21-24H,10-17,28H2,1-3H3/b20-4-/t18?,21?,22?,23?,24-,27?/m0/s1. The van der Waals surface area contributed by atoms with Crippen molar-refractivity contribution in [3.05, 3.63) is 47.5 Å². The normalized spacial score (nSPS) is 41.1. The lowest BCUT2D eigenvalue weighted by Gasteiger charge is -2.59. The maximum absolute atomic E-state index is 13.8. The molecule has 0 spiro atoms. The third kappa shape index (κ3) is 3.07. The van der Waals surface area contributed by atoms with Crippen LogP contribution in [-0.2, 0) is 10.2 Å². The molecule has 3 aliphatic carbocycles. The molecule has 1 heterocycles. The number of hydrogen-bond donors (Lipinski definition) is 1. The second-order valence-electron chi connectivity index (χ2n) is 11.3. The molecule has 3 heteroatoms. The van der Waals surface area contributed by atoms with Crippen LogP contribution in [-0.4, -0.2) is 29.9 Å². The average Bonchev–Trinajstić information content (AvgIpc) is 2.73. The Morgan fingerprint density at radius 2 is 1.93 bits per heavy atom. The molecular formula is C27H38N2O. The summed E-state index contributed by atoms with van der Waals surface area (Å²) in [6.45, 7) is 8.32. The first-order valence-electron chi connectivity index (χ1n) is 12.1. The number of nitrogens with zero attached hydrogens (tertiary/aromatic N) is 1. The Kier molecular flexibility index (Phi) is 4.89. The highest BCUT2D eigenvalue weighted by atomic mass is 16.2. The van der Waals surface area contributed by atoms with E-state index in [1.54, 1.807) is 5.57 Å². The van der Waals surface area contributed by atoms with E-state index in [4.69, 9.17) is 5.73 Å². The van der Waals surface area contributed by atoms with Gasteiger partial charge in [-0.25, -0.2) is 0 Å². The minimum absolute atomic E-state index is 0.0158. The molecule has 5 unspecified atom stereocenters. The molecule has 1 amide bonds. The highest BCUT2D eigenvalue weighted by Crippen LogP contribution is 2.62. The molecule has 30 heavy (non-hydrogen) atoms. The number of fused-ring (bicyclic) bond motifs is 2. The van der Waals surface area contributed by atoms with Crippen LogP contribution >= 0.6 is 0 Å². The lowest BCUT2D eigenvalue weighted by molar-refractivity contribution is -0.146. The van der Waals surface area contributed by atoms with E-state index in [1.807, 2.05) is 0 Å². The van der Waals surface area contributed by atoms with Gasteiger partial charge < -0.3 is 10.6 Å². The summed E-state index contributed by atoms with van der Waals surface area (Å²) in [7, 11) is 0. The smallest absolute Gasteiger partial charge is 0.226 e. The second-order valence-corrected chi connectivity index (χ2v) is 11.3. The minimum Gasteiger partial charge on any atom is -0.342 e. The SMILES string of the molecule is C/C=C1/C2CC(C(=O)N3CC[C@H](N)C(C)(C)C3)C3CCC(c4ccccc4)(C2)CC13. The van der Waals surface area contributed by atoms with Gasteiger partial charge in [0.1, 0.15) is 0 Å². The lowest BCUT2D eigenvalue weighted by atomic mass is 9.46. The number of nitrogens with two attached hydrogens (primary N) is 1. The van der Waals surface area contributed by atoms with Crippen molar-refractivity contribution in [1.82, 2.24) is 4.90 Å². The Bertz CT molecular complexity index is 840. The van der Waals surface area contributed by atoms with Crippen LogP contribution < -0.4 is 5.73 Å². The molecule has 4 fully saturated rings. The number of rotatable bonds is 2. The van der Waals surface area contributed by atoms with Crippen molar-refractivity contribution in [3.63, 3.8) is 0 Å². The Morgan fingerprint density at radius 3 is 2.63 bits per heavy atom. The molecule has 3 nitrogen and oxygen atoms in total. The molecule has 2 N–H and O–H groups in total. The molecule has 4 aliphatic rings. The second kappa shape index (κ2) is 7.22. The molecular weight excluding hydrogens is 368 g/mol. The summed E-state index contributed by atoms with van der Waals surface area (Å²) in [5.41, 5.74) is 9.89. The van der Waals surface area contributed by atoms with Gasteiger partial charge in [-0.05, 0) is 79.6 Å². The van der Waals surface area contributed by atoms with Crippen molar-refractivity contribution in [2.24, 2.45) is 34.8 Å². The van der Waals surface area contributed by atoms with E-state index in [1.165, 1.54) is 31.2 Å². The molecule has 3 saturated carbocycles. The van der Waals surface area contributed by atoms with Gasteiger partial charge in [0, 0.05) is 25.0 Å². The van der Waals surface area contributed by atoms with Gasteiger partial charge in [0.15, 0.2) is 0 Å². The fraction of sp³-hybridized carbons (Fsp3) is 0.667. The maximum Gasteiger partial charge on any atom is 0.226 e. The van der Waals surface area contributed by atoms with Gasteiger partial charge in [-0.1, -0.05) is 55.8 Å². The van der Waals surface area contributed by atoms with Crippen LogP contribution in [0, 0.1) is 29.1 Å². The monoisotopic (exact) mass is 406 g/mol. The van der Waals surface area contributed by atoms with Gasteiger partial charge in [-0.2, -0.15) is 0 Å². The predicted molar refractivity (Wildman–Crippen MR) is 122 cm³/mol.